The van der Waals surface area contributed by atoms with E-state index in [1.165, 1.54) is 6.42 Å². The van der Waals surface area contributed by atoms with Gasteiger partial charge in [0.25, 0.3) is 0 Å². The van der Waals surface area contributed by atoms with E-state index in [2.05, 4.69) is 46.6 Å². The van der Waals surface area contributed by atoms with Gasteiger partial charge in [-0.05, 0) is 37.8 Å². The molecule has 2 aliphatic rings. The summed E-state index contributed by atoms with van der Waals surface area (Å²) in [6.07, 6.45) is 7.23. The van der Waals surface area contributed by atoms with Crippen LogP contribution in [0.4, 0.5) is 11.5 Å². The van der Waals surface area contributed by atoms with E-state index in [0.29, 0.717) is 23.5 Å². The summed E-state index contributed by atoms with van der Waals surface area (Å²) in [6, 6.07) is 1.13. The van der Waals surface area contributed by atoms with Gasteiger partial charge < -0.3 is 19.5 Å². The molecule has 0 radical (unpaired) electrons. The first kappa shape index (κ1) is 21.3. The molecular formula is C22H34N6OSi. The van der Waals surface area contributed by atoms with Crippen LogP contribution in [0, 0.1) is 12.5 Å². The Balaban J connectivity index is 1.46. The molecular weight excluding hydrogens is 392 g/mol. The molecule has 0 amide bonds. The smallest absolute Gasteiger partial charge is 0.231 e. The lowest BCUT2D eigenvalue weighted by Crippen LogP contribution is -2.50. The second-order valence-electron chi connectivity index (χ2n) is 10.3. The van der Waals surface area contributed by atoms with Crippen LogP contribution in [-0.4, -0.2) is 54.4 Å². The van der Waals surface area contributed by atoms with Gasteiger partial charge in [-0.1, -0.05) is 26.6 Å². The molecule has 2 saturated heterocycles. The van der Waals surface area contributed by atoms with Crippen LogP contribution in [0.15, 0.2) is 12.4 Å². The minimum atomic E-state index is -1.11. The van der Waals surface area contributed by atoms with Gasteiger partial charge in [-0.3, -0.25) is 0 Å². The van der Waals surface area contributed by atoms with Crippen LogP contribution >= 0.6 is 0 Å². The maximum absolute atomic E-state index is 7.56. The third kappa shape index (κ3) is 4.53. The highest BCUT2D eigenvalue weighted by Gasteiger charge is 2.39. The Hall–Kier alpha value is -1.95. The van der Waals surface area contributed by atoms with Gasteiger partial charge >= 0.3 is 0 Å². The summed E-state index contributed by atoms with van der Waals surface area (Å²) < 4.78 is 7.80. The van der Waals surface area contributed by atoms with Crippen LogP contribution in [0.2, 0.25) is 25.7 Å². The first-order valence-electron chi connectivity index (χ1n) is 11.1. The van der Waals surface area contributed by atoms with Crippen LogP contribution in [0.1, 0.15) is 26.2 Å². The second kappa shape index (κ2) is 8.29. The lowest BCUT2D eigenvalue weighted by molar-refractivity contribution is 0.0899. The Kier molecular flexibility index (Phi) is 5.88. The van der Waals surface area contributed by atoms with Gasteiger partial charge in [-0.15, -0.1) is 0 Å². The van der Waals surface area contributed by atoms with E-state index in [4.69, 9.17) is 16.3 Å². The van der Waals surface area contributed by atoms with Crippen molar-refractivity contribution in [1.82, 2.24) is 19.9 Å². The quantitative estimate of drug-likeness (QED) is 0.425. The first-order chi connectivity index (χ1) is 14.3. The van der Waals surface area contributed by atoms with E-state index >= 15 is 0 Å². The highest BCUT2D eigenvalue weighted by atomic mass is 28.3. The van der Waals surface area contributed by atoms with Crippen molar-refractivity contribution in [1.29, 1.82) is 0 Å². The number of nitrogens with one attached hydrogen (secondary N) is 1. The van der Waals surface area contributed by atoms with Crippen LogP contribution < -0.4 is 10.2 Å². The number of hydrogen-bond donors (Lipinski definition) is 1. The Morgan fingerprint density at radius 1 is 1.33 bits per heavy atom. The van der Waals surface area contributed by atoms with Crippen molar-refractivity contribution in [3.8, 4) is 0 Å². The van der Waals surface area contributed by atoms with Gasteiger partial charge in [0.2, 0.25) is 5.69 Å². The Labute approximate surface area is 180 Å². The maximum atomic E-state index is 7.56. The number of rotatable bonds is 6. The first-order valence-corrected chi connectivity index (χ1v) is 14.8. The molecule has 1 N–H and O–H groups in total. The predicted molar refractivity (Wildman–Crippen MR) is 124 cm³/mol. The molecule has 0 aliphatic carbocycles. The molecule has 1 spiro atoms. The average molecular weight is 427 g/mol. The zero-order valence-electron chi connectivity index (χ0n) is 18.7. The molecule has 2 aliphatic heterocycles. The van der Waals surface area contributed by atoms with E-state index in [-0.39, 0.29) is 0 Å². The van der Waals surface area contributed by atoms with Gasteiger partial charge in [-0.2, -0.15) is 0 Å². The molecule has 2 fully saturated rings. The second-order valence-corrected chi connectivity index (χ2v) is 15.9. The van der Waals surface area contributed by atoms with E-state index < -0.39 is 8.07 Å². The van der Waals surface area contributed by atoms with Gasteiger partial charge in [0, 0.05) is 39.5 Å². The molecule has 4 rings (SSSR count). The zero-order valence-corrected chi connectivity index (χ0v) is 19.7. The molecule has 8 heteroatoms. The van der Waals surface area contributed by atoms with Crippen LogP contribution in [0.5, 0.6) is 0 Å². The molecule has 162 valence electrons. The molecule has 0 aromatic carbocycles. The Morgan fingerprint density at radius 2 is 2.10 bits per heavy atom. The molecule has 0 saturated carbocycles. The molecule has 0 bridgehead atoms. The topological polar surface area (TPSA) is 59.6 Å². The molecule has 2 aromatic heterocycles. The number of hydrogen-bond acceptors (Lipinski definition) is 5. The normalized spacial score (nSPS) is 21.4. The minimum absolute atomic E-state index is 0.311. The van der Waals surface area contributed by atoms with Crippen molar-refractivity contribution in [3.63, 3.8) is 0 Å². The van der Waals surface area contributed by atoms with Gasteiger partial charge in [0.05, 0.1) is 12.8 Å². The van der Waals surface area contributed by atoms with Crippen LogP contribution in [-0.2, 0) is 11.5 Å². The number of ether oxygens (including phenoxy) is 1. The Morgan fingerprint density at radius 3 is 2.73 bits per heavy atom. The molecule has 7 nitrogen and oxygen atoms in total. The predicted octanol–water partition coefficient (Wildman–Crippen LogP) is 4.26. The Bertz CT molecular complexity index is 935. The molecule has 2 aromatic rings. The fraction of sp³-hybridized carbons (Fsp3) is 0.682. The van der Waals surface area contributed by atoms with Crippen molar-refractivity contribution in [2.45, 2.75) is 64.1 Å². The largest absolute Gasteiger partial charge is 0.361 e. The molecule has 4 heterocycles. The summed E-state index contributed by atoms with van der Waals surface area (Å²) in [7, 11) is -1.11. The molecule has 30 heavy (non-hydrogen) atoms. The summed E-state index contributed by atoms with van der Waals surface area (Å²) in [4.78, 5) is 15.5. The van der Waals surface area contributed by atoms with Gasteiger partial charge in [0.1, 0.15) is 23.7 Å². The fourth-order valence-corrected chi connectivity index (χ4v) is 5.40. The average Bonchev–Trinajstić information content (AvgIpc) is 3.25. The monoisotopic (exact) mass is 426 g/mol. The highest BCUT2D eigenvalue weighted by molar-refractivity contribution is 6.76. The van der Waals surface area contributed by atoms with E-state index in [9.17, 15) is 0 Å². The summed E-state index contributed by atoms with van der Waals surface area (Å²) in [5.74, 6) is 1.65. The maximum Gasteiger partial charge on any atom is 0.231 e. The lowest BCUT2D eigenvalue weighted by atomic mass is 9.84. The highest BCUT2D eigenvalue weighted by Crippen LogP contribution is 2.35. The van der Waals surface area contributed by atoms with Crippen LogP contribution in [0.25, 0.3) is 16.0 Å². The summed E-state index contributed by atoms with van der Waals surface area (Å²) in [6.45, 7) is 21.2. The molecule has 1 unspecified atom stereocenters. The van der Waals surface area contributed by atoms with Crippen molar-refractivity contribution in [2.75, 3.05) is 31.1 Å². The zero-order chi connectivity index (χ0) is 21.4. The summed E-state index contributed by atoms with van der Waals surface area (Å²) in [5.41, 5.74) is 2.28. The summed E-state index contributed by atoms with van der Waals surface area (Å²) in [5, 5.41) is 3.76. The lowest BCUT2D eigenvalue weighted by Gasteiger charge is -2.40. The van der Waals surface area contributed by atoms with Crippen molar-refractivity contribution in [2.24, 2.45) is 5.92 Å². The third-order valence-corrected chi connectivity index (χ3v) is 8.19. The number of nitrogens with zero attached hydrogens (tertiary/aromatic N) is 5. The minimum Gasteiger partial charge on any atom is -0.361 e. The van der Waals surface area contributed by atoms with Crippen LogP contribution in [0.3, 0.4) is 0 Å². The fourth-order valence-electron chi connectivity index (χ4n) is 4.65. The van der Waals surface area contributed by atoms with Gasteiger partial charge in [-0.25, -0.2) is 14.8 Å². The third-order valence-electron chi connectivity index (χ3n) is 6.49. The number of aromatic nitrogens is 3. The summed E-state index contributed by atoms with van der Waals surface area (Å²) >= 11 is 0. The van der Waals surface area contributed by atoms with E-state index in [1.807, 2.05) is 17.0 Å². The van der Waals surface area contributed by atoms with Crippen molar-refractivity contribution < 1.29 is 4.74 Å². The number of piperidine rings is 1. The SMILES string of the molecule is [C-]#[N+]c1cn(COCC[Si](C)(C)C)c2ncc(N3CCC4(CC3)CC(C)CN4)nc12. The number of fused-ring (bicyclic) bond motifs is 1. The van der Waals surface area contributed by atoms with Gasteiger partial charge in [0.15, 0.2) is 0 Å². The number of anilines is 1. The van der Waals surface area contributed by atoms with E-state index in [0.717, 1.165) is 62.5 Å². The molecule has 1 atom stereocenters. The van der Waals surface area contributed by atoms with E-state index in [1.54, 1.807) is 0 Å². The standard InChI is InChI=1S/C22H34N6OSi/c1-17-12-22(25-13-17)6-8-27(9-7-22)19-14-24-21-20(26-19)18(23-2)15-28(21)16-29-10-11-30(3,4)5/h14-15,17,25H,6-13,16H2,1,3-5H3. The van der Waals surface area contributed by atoms with Crippen molar-refractivity contribution >= 4 is 30.7 Å². The van der Waals surface area contributed by atoms with Crippen molar-refractivity contribution in [3.05, 3.63) is 23.8 Å².